The molecule has 1 N–H and O–H groups in total. The number of anilines is 1. The van der Waals surface area contributed by atoms with Gasteiger partial charge in [-0.3, -0.25) is 0 Å². The molecule has 0 radical (unpaired) electrons. The summed E-state index contributed by atoms with van der Waals surface area (Å²) >= 11 is 6.16. The highest BCUT2D eigenvalue weighted by Crippen LogP contribution is 2.35. The molecule has 0 aromatic heterocycles. The van der Waals surface area contributed by atoms with Crippen molar-refractivity contribution in [2.75, 3.05) is 25.1 Å². The van der Waals surface area contributed by atoms with Crippen molar-refractivity contribution in [3.05, 3.63) is 22.7 Å². The summed E-state index contributed by atoms with van der Waals surface area (Å²) < 4.78 is 5.46. The van der Waals surface area contributed by atoms with Gasteiger partial charge in [-0.25, -0.2) is 0 Å². The maximum Gasteiger partial charge on any atom is 0.143 e. The molecule has 1 aliphatic rings. The largest absolute Gasteiger partial charge is 0.495 e. The Kier molecular flexibility index (Phi) is 4.58. The molecule has 19 heavy (non-hydrogen) atoms. The molecule has 1 saturated heterocycles. The summed E-state index contributed by atoms with van der Waals surface area (Å²) in [6, 6.07) is 5.12. The first-order chi connectivity index (χ1) is 9.01. The van der Waals surface area contributed by atoms with Gasteiger partial charge in [0.15, 0.2) is 0 Å². The number of hydrogen-bond acceptors (Lipinski definition) is 3. The molecule has 1 aromatic rings. The van der Waals surface area contributed by atoms with Crippen molar-refractivity contribution in [1.29, 1.82) is 0 Å². The Hall–Kier alpha value is -0.930. The van der Waals surface area contributed by atoms with E-state index in [9.17, 15) is 0 Å². The van der Waals surface area contributed by atoms with E-state index in [4.69, 9.17) is 16.3 Å². The van der Waals surface area contributed by atoms with Crippen molar-refractivity contribution in [3.63, 3.8) is 0 Å². The van der Waals surface area contributed by atoms with Crippen LogP contribution in [0, 0.1) is 6.92 Å². The second-order valence-corrected chi connectivity index (χ2v) is 5.93. The number of methoxy groups -OCH3 is 1. The number of benzene rings is 1. The molecule has 1 fully saturated rings. The number of ether oxygens (including phenoxy) is 1. The van der Waals surface area contributed by atoms with Gasteiger partial charge in [-0.05, 0) is 25.0 Å². The van der Waals surface area contributed by atoms with Crippen LogP contribution in [0.4, 0.5) is 5.69 Å². The molecule has 3 nitrogen and oxygen atoms in total. The van der Waals surface area contributed by atoms with E-state index in [-0.39, 0.29) is 0 Å². The number of hydrogen-bond donors (Lipinski definition) is 1. The number of nitrogens with zero attached hydrogens (tertiary/aromatic N) is 1. The quantitative estimate of drug-likeness (QED) is 0.918. The van der Waals surface area contributed by atoms with Crippen molar-refractivity contribution in [2.45, 2.75) is 39.3 Å². The van der Waals surface area contributed by atoms with E-state index in [0.29, 0.717) is 12.1 Å². The van der Waals surface area contributed by atoms with Gasteiger partial charge in [-0.1, -0.05) is 25.4 Å². The third-order valence-electron chi connectivity index (χ3n) is 3.56. The predicted octanol–water partition coefficient (Wildman–Crippen LogP) is 3.23. The van der Waals surface area contributed by atoms with E-state index < -0.39 is 0 Å². The Morgan fingerprint density at radius 2 is 2.16 bits per heavy atom. The molecule has 106 valence electrons. The van der Waals surface area contributed by atoms with Gasteiger partial charge in [0.25, 0.3) is 0 Å². The zero-order valence-electron chi connectivity index (χ0n) is 12.2. The SMILES string of the molecule is COc1cc(Cl)c(C)cc1N1CCC(NC(C)C)C1. The first kappa shape index (κ1) is 14.5. The fourth-order valence-electron chi connectivity index (χ4n) is 2.65. The molecule has 0 aliphatic carbocycles. The molecule has 0 spiro atoms. The topological polar surface area (TPSA) is 24.5 Å². The summed E-state index contributed by atoms with van der Waals surface area (Å²) in [6.07, 6.45) is 1.17. The third kappa shape index (κ3) is 3.34. The Balaban J connectivity index is 2.16. The first-order valence-electron chi connectivity index (χ1n) is 6.86. The summed E-state index contributed by atoms with van der Waals surface area (Å²) in [5.41, 5.74) is 2.25. The molecule has 0 amide bonds. The normalized spacial score (nSPS) is 19.3. The summed E-state index contributed by atoms with van der Waals surface area (Å²) in [7, 11) is 1.70. The van der Waals surface area contributed by atoms with E-state index >= 15 is 0 Å². The molecule has 0 saturated carbocycles. The number of nitrogens with one attached hydrogen (secondary N) is 1. The van der Waals surface area contributed by atoms with Gasteiger partial charge in [-0.2, -0.15) is 0 Å². The number of aryl methyl sites for hydroxylation is 1. The molecule has 1 atom stereocenters. The zero-order valence-corrected chi connectivity index (χ0v) is 12.9. The first-order valence-corrected chi connectivity index (χ1v) is 7.24. The monoisotopic (exact) mass is 282 g/mol. The minimum Gasteiger partial charge on any atom is -0.495 e. The molecule has 1 aliphatic heterocycles. The second-order valence-electron chi connectivity index (χ2n) is 5.53. The van der Waals surface area contributed by atoms with Gasteiger partial charge in [0.05, 0.1) is 12.8 Å². The highest BCUT2D eigenvalue weighted by molar-refractivity contribution is 6.31. The zero-order chi connectivity index (χ0) is 14.0. The molecule has 0 bridgehead atoms. The summed E-state index contributed by atoms with van der Waals surface area (Å²) in [5.74, 6) is 0.862. The van der Waals surface area contributed by atoms with Crippen LogP contribution in [0.15, 0.2) is 12.1 Å². The van der Waals surface area contributed by atoms with Crippen molar-refractivity contribution in [3.8, 4) is 5.75 Å². The van der Waals surface area contributed by atoms with E-state index in [1.807, 2.05) is 13.0 Å². The maximum absolute atomic E-state index is 6.16. The van der Waals surface area contributed by atoms with Crippen molar-refractivity contribution in [2.24, 2.45) is 0 Å². The van der Waals surface area contributed by atoms with E-state index in [1.54, 1.807) is 7.11 Å². The standard InChI is InChI=1S/C15H23ClN2O/c1-10(2)17-12-5-6-18(9-12)14-7-11(3)13(16)8-15(14)19-4/h7-8,10,12,17H,5-6,9H2,1-4H3. The van der Waals surface area contributed by atoms with E-state index in [0.717, 1.165) is 35.1 Å². The molecule has 1 aromatic carbocycles. The summed E-state index contributed by atoms with van der Waals surface area (Å²) in [4.78, 5) is 2.38. The molecular weight excluding hydrogens is 260 g/mol. The van der Waals surface area contributed by atoms with E-state index in [2.05, 4.69) is 30.1 Å². The van der Waals surface area contributed by atoms with E-state index in [1.165, 1.54) is 6.42 Å². The van der Waals surface area contributed by atoms with Crippen molar-refractivity contribution < 1.29 is 4.74 Å². The minimum atomic E-state index is 0.527. The molecule has 1 unspecified atom stereocenters. The molecule has 1 heterocycles. The van der Waals surface area contributed by atoms with Crippen molar-refractivity contribution >= 4 is 17.3 Å². The third-order valence-corrected chi connectivity index (χ3v) is 3.97. The van der Waals surface area contributed by atoms with Crippen LogP contribution in [0.1, 0.15) is 25.8 Å². The Morgan fingerprint density at radius 3 is 2.79 bits per heavy atom. The van der Waals surface area contributed by atoms with Crippen LogP contribution >= 0.6 is 11.6 Å². The average Bonchev–Trinajstić information content (AvgIpc) is 2.79. The van der Waals surface area contributed by atoms with Crippen LogP contribution in [0.25, 0.3) is 0 Å². The van der Waals surface area contributed by atoms with Gasteiger partial charge in [0.1, 0.15) is 5.75 Å². The highest BCUT2D eigenvalue weighted by Gasteiger charge is 2.25. The lowest BCUT2D eigenvalue weighted by Crippen LogP contribution is -2.37. The minimum absolute atomic E-state index is 0.527. The molecule has 2 rings (SSSR count). The second kappa shape index (κ2) is 6.02. The van der Waals surface area contributed by atoms with Gasteiger partial charge < -0.3 is 15.0 Å². The smallest absolute Gasteiger partial charge is 0.143 e. The average molecular weight is 283 g/mol. The fourth-order valence-corrected chi connectivity index (χ4v) is 2.80. The van der Waals surface area contributed by atoms with Crippen LogP contribution in [-0.2, 0) is 0 Å². The van der Waals surface area contributed by atoms with Crippen LogP contribution in [0.3, 0.4) is 0 Å². The van der Waals surface area contributed by atoms with Crippen LogP contribution < -0.4 is 15.0 Å². The Labute approximate surface area is 120 Å². The predicted molar refractivity (Wildman–Crippen MR) is 81.6 cm³/mol. The lowest BCUT2D eigenvalue weighted by atomic mass is 10.2. The Morgan fingerprint density at radius 1 is 1.42 bits per heavy atom. The molecule has 4 heteroatoms. The maximum atomic E-state index is 6.16. The summed E-state index contributed by atoms with van der Waals surface area (Å²) in [6.45, 7) is 8.49. The summed E-state index contributed by atoms with van der Waals surface area (Å²) in [5, 5.41) is 4.36. The van der Waals surface area contributed by atoms with Crippen molar-refractivity contribution in [1.82, 2.24) is 5.32 Å². The van der Waals surface area contributed by atoms with Crippen LogP contribution in [0.2, 0.25) is 5.02 Å². The van der Waals surface area contributed by atoms with Gasteiger partial charge >= 0.3 is 0 Å². The van der Waals surface area contributed by atoms with Gasteiger partial charge in [0.2, 0.25) is 0 Å². The van der Waals surface area contributed by atoms with Crippen LogP contribution in [0.5, 0.6) is 5.75 Å². The number of rotatable bonds is 4. The Bertz CT molecular complexity index is 448. The number of halogens is 1. The highest BCUT2D eigenvalue weighted by atomic mass is 35.5. The van der Waals surface area contributed by atoms with Gasteiger partial charge in [-0.15, -0.1) is 0 Å². The van der Waals surface area contributed by atoms with Crippen LogP contribution in [-0.4, -0.2) is 32.3 Å². The fraction of sp³-hybridized carbons (Fsp3) is 0.600. The van der Waals surface area contributed by atoms with Gasteiger partial charge in [0, 0.05) is 36.3 Å². The lowest BCUT2D eigenvalue weighted by molar-refractivity contribution is 0.414. The molecular formula is C15H23ClN2O. The lowest BCUT2D eigenvalue weighted by Gasteiger charge is -2.23.